The van der Waals surface area contributed by atoms with Gasteiger partial charge in [-0.15, -0.1) is 0 Å². The van der Waals surface area contributed by atoms with Crippen LogP contribution in [0.25, 0.3) is 11.1 Å². The number of aliphatic hydroxyl groups excluding tert-OH is 1. The molecule has 7 heteroatoms. The summed E-state index contributed by atoms with van der Waals surface area (Å²) in [5, 5.41) is 23.6. The Hall–Kier alpha value is -3.97. The average molecular weight is 487 g/mol. The molecule has 0 aromatic heterocycles. The van der Waals surface area contributed by atoms with Crippen LogP contribution >= 0.6 is 0 Å². The maximum absolute atomic E-state index is 13.0. The number of rotatable bonds is 11. The Morgan fingerprint density at radius 3 is 2.28 bits per heavy atom. The van der Waals surface area contributed by atoms with E-state index < -0.39 is 0 Å². The Morgan fingerprint density at radius 2 is 1.64 bits per heavy atom. The Morgan fingerprint density at radius 1 is 0.944 bits per heavy atom. The van der Waals surface area contributed by atoms with Crippen LogP contribution in [0.2, 0.25) is 0 Å². The van der Waals surface area contributed by atoms with E-state index in [0.29, 0.717) is 30.5 Å². The number of carbonyl (C=O) groups excluding carboxylic acids is 2. The molecule has 0 bridgehead atoms. The summed E-state index contributed by atoms with van der Waals surface area (Å²) in [6.45, 7) is 3.87. The number of hydrogen-bond acceptors (Lipinski definition) is 4. The molecule has 2 amide bonds. The fourth-order valence-electron chi connectivity index (χ4n) is 4.21. The third-order valence-electron chi connectivity index (χ3n) is 6.24. The Kier molecular flexibility index (Phi) is 9.36. The molecule has 0 spiro atoms. The van der Waals surface area contributed by atoms with E-state index in [0.717, 1.165) is 22.3 Å². The first kappa shape index (κ1) is 26.6. The molecule has 0 saturated heterocycles. The van der Waals surface area contributed by atoms with Crippen molar-refractivity contribution in [3.63, 3.8) is 0 Å². The largest absolute Gasteiger partial charge is 0.396 e. The zero-order valence-electron chi connectivity index (χ0n) is 20.8. The first-order valence-electron chi connectivity index (χ1n) is 12.1. The fourth-order valence-corrected chi connectivity index (χ4v) is 4.21. The first-order valence-corrected chi connectivity index (χ1v) is 12.1. The van der Waals surface area contributed by atoms with Gasteiger partial charge in [-0.2, -0.15) is 0 Å². The molecule has 0 radical (unpaired) electrons. The molecule has 188 valence electrons. The van der Waals surface area contributed by atoms with Crippen molar-refractivity contribution in [2.75, 3.05) is 6.61 Å². The molecule has 6 N–H and O–H groups in total. The highest BCUT2D eigenvalue weighted by Gasteiger charge is 2.22. The number of amidine groups is 1. The first-order chi connectivity index (χ1) is 17.3. The normalized spacial score (nSPS) is 12.4. The van der Waals surface area contributed by atoms with Gasteiger partial charge in [-0.3, -0.25) is 15.0 Å². The second-order valence-electron chi connectivity index (χ2n) is 8.94. The molecule has 3 aromatic carbocycles. The van der Waals surface area contributed by atoms with Crippen molar-refractivity contribution in [1.82, 2.24) is 10.6 Å². The van der Waals surface area contributed by atoms with Crippen LogP contribution in [0.1, 0.15) is 47.3 Å². The third kappa shape index (κ3) is 7.26. The molecule has 3 rings (SSSR count). The molecule has 0 saturated carbocycles. The summed E-state index contributed by atoms with van der Waals surface area (Å²) in [4.78, 5) is 24.2. The number of hydrogen-bond donors (Lipinski definition) is 5. The highest BCUT2D eigenvalue weighted by atomic mass is 16.3. The van der Waals surface area contributed by atoms with Crippen LogP contribution in [0, 0.1) is 11.3 Å². The van der Waals surface area contributed by atoms with Gasteiger partial charge in [0.2, 0.25) is 5.91 Å². The molecule has 36 heavy (non-hydrogen) atoms. The summed E-state index contributed by atoms with van der Waals surface area (Å²) in [5.41, 5.74) is 10.7. The van der Waals surface area contributed by atoms with Gasteiger partial charge in [-0.1, -0.05) is 55.5 Å². The van der Waals surface area contributed by atoms with Crippen LogP contribution in [0.15, 0.2) is 72.8 Å². The number of aliphatic hydroxyl groups is 1. The minimum Gasteiger partial charge on any atom is -0.396 e. The molecule has 2 atom stereocenters. The summed E-state index contributed by atoms with van der Waals surface area (Å²) in [5.74, 6) is -0.439. The zero-order valence-corrected chi connectivity index (χ0v) is 20.8. The minimum absolute atomic E-state index is 0.000596. The van der Waals surface area contributed by atoms with Gasteiger partial charge in [0.05, 0.1) is 0 Å². The van der Waals surface area contributed by atoms with Gasteiger partial charge in [0.15, 0.2) is 0 Å². The van der Waals surface area contributed by atoms with E-state index in [1.807, 2.05) is 61.5 Å². The molecule has 3 aromatic rings. The number of amides is 2. The smallest absolute Gasteiger partial charge is 0.251 e. The predicted octanol–water partition coefficient (Wildman–Crippen LogP) is 3.63. The average Bonchev–Trinajstić information content (AvgIpc) is 2.89. The van der Waals surface area contributed by atoms with E-state index >= 15 is 0 Å². The summed E-state index contributed by atoms with van der Waals surface area (Å²) in [6.07, 6.45) is 1.23. The van der Waals surface area contributed by atoms with E-state index in [9.17, 15) is 14.7 Å². The molecule has 0 heterocycles. The van der Waals surface area contributed by atoms with E-state index in [1.165, 1.54) is 6.92 Å². The second kappa shape index (κ2) is 12.7. The molecule has 0 aliphatic carbocycles. The van der Waals surface area contributed by atoms with Gasteiger partial charge in [0.1, 0.15) is 5.84 Å². The molecule has 2 unspecified atom stereocenters. The highest BCUT2D eigenvalue weighted by molar-refractivity contribution is 5.95. The van der Waals surface area contributed by atoms with E-state index in [2.05, 4.69) is 10.6 Å². The zero-order chi connectivity index (χ0) is 26.1. The van der Waals surface area contributed by atoms with Crippen LogP contribution in [0.3, 0.4) is 0 Å². The van der Waals surface area contributed by atoms with Crippen LogP contribution in [-0.2, 0) is 17.8 Å². The molecular formula is C29H34N4O3. The minimum atomic E-state index is -0.214. The Balaban J connectivity index is 1.68. The lowest BCUT2D eigenvalue weighted by Gasteiger charge is -2.26. The number of nitrogens with one attached hydrogen (secondary N) is 3. The van der Waals surface area contributed by atoms with Crippen molar-refractivity contribution >= 4 is 17.6 Å². The number of carbonyl (C=O) groups is 2. The maximum Gasteiger partial charge on any atom is 0.251 e. The molecule has 0 fully saturated rings. The van der Waals surface area contributed by atoms with Gasteiger partial charge >= 0.3 is 0 Å². The number of nitrogens with two attached hydrogens (primary N) is 1. The topological polar surface area (TPSA) is 128 Å². The lowest BCUT2D eigenvalue weighted by molar-refractivity contribution is -0.119. The molecule has 7 nitrogen and oxygen atoms in total. The lowest BCUT2D eigenvalue weighted by Crippen LogP contribution is -2.42. The standard InChI is InChI=1S/C29H34N4O3/c1-3-27(26(18-34)15-20-6-4-9-25(14-20)28(30)31)33-29(36)23-12-10-22(11-13-23)24-8-5-7-21(16-24)17-32-19(2)35/h4-14,16,26-27,34H,3,15,17-18H2,1-2H3,(H3,30,31)(H,32,35)(H,33,36). The second-order valence-corrected chi connectivity index (χ2v) is 8.94. The van der Waals surface area contributed by atoms with Crippen LogP contribution in [-0.4, -0.2) is 35.4 Å². The summed E-state index contributed by atoms with van der Waals surface area (Å²) < 4.78 is 0. The van der Waals surface area contributed by atoms with Crippen LogP contribution in [0.5, 0.6) is 0 Å². The Labute approximate surface area is 212 Å². The van der Waals surface area contributed by atoms with Crippen molar-refractivity contribution in [3.05, 3.63) is 95.1 Å². The van der Waals surface area contributed by atoms with E-state index in [-0.39, 0.29) is 36.2 Å². The quantitative estimate of drug-likeness (QED) is 0.209. The van der Waals surface area contributed by atoms with Gasteiger partial charge < -0.3 is 21.5 Å². The maximum atomic E-state index is 13.0. The summed E-state index contributed by atoms with van der Waals surface area (Å²) in [7, 11) is 0. The monoisotopic (exact) mass is 486 g/mol. The number of nitrogen functional groups attached to an aromatic ring is 1. The Bertz CT molecular complexity index is 1210. The lowest BCUT2D eigenvalue weighted by atomic mass is 9.90. The highest BCUT2D eigenvalue weighted by Crippen LogP contribution is 2.22. The van der Waals surface area contributed by atoms with Gasteiger partial charge in [-0.25, -0.2) is 0 Å². The van der Waals surface area contributed by atoms with Crippen molar-refractivity contribution in [1.29, 1.82) is 5.41 Å². The van der Waals surface area contributed by atoms with E-state index in [1.54, 1.807) is 18.2 Å². The van der Waals surface area contributed by atoms with Gasteiger partial charge in [0, 0.05) is 43.2 Å². The summed E-state index contributed by atoms with van der Waals surface area (Å²) in [6, 6.07) is 22.5. The summed E-state index contributed by atoms with van der Waals surface area (Å²) >= 11 is 0. The van der Waals surface area contributed by atoms with Crippen molar-refractivity contribution < 1.29 is 14.7 Å². The molecule has 0 aliphatic rings. The van der Waals surface area contributed by atoms with Crippen LogP contribution < -0.4 is 16.4 Å². The molecular weight excluding hydrogens is 452 g/mol. The number of benzene rings is 3. The van der Waals surface area contributed by atoms with E-state index in [4.69, 9.17) is 11.1 Å². The third-order valence-corrected chi connectivity index (χ3v) is 6.24. The van der Waals surface area contributed by atoms with Gasteiger partial charge in [-0.05, 0) is 59.4 Å². The van der Waals surface area contributed by atoms with Crippen molar-refractivity contribution in [3.8, 4) is 11.1 Å². The SMILES string of the molecule is CCC(NC(=O)c1ccc(-c2cccc(CNC(C)=O)c2)cc1)C(CO)Cc1cccc(C(=N)N)c1. The predicted molar refractivity (Wildman–Crippen MR) is 143 cm³/mol. The molecule has 0 aliphatic heterocycles. The van der Waals surface area contributed by atoms with Crippen LogP contribution in [0.4, 0.5) is 0 Å². The van der Waals surface area contributed by atoms with Crippen molar-refractivity contribution in [2.24, 2.45) is 11.7 Å². The van der Waals surface area contributed by atoms with Gasteiger partial charge in [0.25, 0.3) is 5.91 Å². The van der Waals surface area contributed by atoms with Crippen molar-refractivity contribution in [2.45, 2.75) is 39.3 Å². The fraction of sp³-hybridized carbons (Fsp3) is 0.276.